The monoisotopic (exact) mass is 688 g/mol. The van der Waals surface area contributed by atoms with Crippen molar-refractivity contribution < 1.29 is 45.5 Å². The Labute approximate surface area is 275 Å². The van der Waals surface area contributed by atoms with Gasteiger partial charge < -0.3 is 15.8 Å². The molecule has 5 rings (SSSR count). The molecular weight excluding hydrogens is 658 g/mol. The molecular formula is C33H30F6N6O4. The molecule has 1 atom stereocenters. The molecule has 1 unspecified atom stereocenters. The van der Waals surface area contributed by atoms with E-state index in [1.54, 1.807) is 26.8 Å². The van der Waals surface area contributed by atoms with Crippen LogP contribution < -0.4 is 11.1 Å². The largest absolute Gasteiger partial charge is 0.444 e. The highest BCUT2D eigenvalue weighted by Gasteiger charge is 2.43. The molecule has 3 N–H and O–H groups in total. The fourth-order valence-corrected chi connectivity index (χ4v) is 5.50. The number of rotatable bonds is 8. The van der Waals surface area contributed by atoms with E-state index in [0.717, 1.165) is 27.8 Å². The number of hydrogen-bond acceptors (Lipinski definition) is 6. The van der Waals surface area contributed by atoms with Crippen LogP contribution in [0.2, 0.25) is 0 Å². The molecule has 2 aromatic carbocycles. The van der Waals surface area contributed by atoms with Crippen LogP contribution in [0.15, 0.2) is 54.7 Å². The van der Waals surface area contributed by atoms with E-state index in [2.05, 4.69) is 15.4 Å². The number of halogens is 6. The maximum atomic E-state index is 14.3. The van der Waals surface area contributed by atoms with Crippen LogP contribution in [-0.2, 0) is 41.8 Å². The van der Waals surface area contributed by atoms with Crippen molar-refractivity contribution in [3.8, 4) is 11.1 Å². The van der Waals surface area contributed by atoms with Crippen molar-refractivity contribution in [2.75, 3.05) is 0 Å². The predicted octanol–water partition coefficient (Wildman–Crippen LogP) is 5.83. The number of carbonyl (C=O) groups is 3. The summed E-state index contributed by atoms with van der Waals surface area (Å²) in [4.78, 5) is 43.5. The molecule has 258 valence electrons. The fraction of sp³-hybridized carbons (Fsp3) is 0.303. The lowest BCUT2D eigenvalue weighted by molar-refractivity contribution is -0.142. The summed E-state index contributed by atoms with van der Waals surface area (Å²) < 4.78 is 90.8. The molecule has 0 aliphatic carbocycles. The van der Waals surface area contributed by atoms with Gasteiger partial charge in [0.25, 0.3) is 5.91 Å². The summed E-state index contributed by atoms with van der Waals surface area (Å²) in [6.07, 6.45) is -4.63. The smallest absolute Gasteiger partial charge is 0.435 e. The molecule has 1 aliphatic rings. The topological polar surface area (TPSA) is 132 Å². The Morgan fingerprint density at radius 3 is 2.33 bits per heavy atom. The Hall–Kier alpha value is -5.41. The minimum Gasteiger partial charge on any atom is -0.444 e. The standard InChI is InChI=1S/C33H30F6N6O4/c1-32(2,3)49-31(48)44-14-23-26(15-44)45(43-29(23)33(37,38)39)16-27(46)42-25(11-17-9-19(34)13-20(35)10-17)28-21(5-4-8-41-28)18-6-7-24(36)22(12-18)30(40)47/h4-10,12-13,25H,11,14-16H2,1-3H3,(H2,40,47)(H,42,46). The lowest BCUT2D eigenvalue weighted by Crippen LogP contribution is -2.35. The van der Waals surface area contributed by atoms with Crippen LogP contribution in [0.5, 0.6) is 0 Å². The van der Waals surface area contributed by atoms with Gasteiger partial charge in [0.05, 0.1) is 36.1 Å². The lowest BCUT2D eigenvalue weighted by atomic mass is 9.94. The molecule has 0 bridgehead atoms. The first kappa shape index (κ1) is 34.9. The van der Waals surface area contributed by atoms with E-state index in [4.69, 9.17) is 10.5 Å². The van der Waals surface area contributed by atoms with E-state index in [9.17, 15) is 40.7 Å². The van der Waals surface area contributed by atoms with E-state index in [-0.39, 0.29) is 41.0 Å². The number of nitrogens with zero attached hydrogens (tertiary/aromatic N) is 4. The second kappa shape index (κ2) is 13.2. The van der Waals surface area contributed by atoms with Crippen molar-refractivity contribution in [2.45, 2.75) is 64.6 Å². The Kier molecular flexibility index (Phi) is 9.43. The minimum absolute atomic E-state index is 0.0269. The second-order valence-electron chi connectivity index (χ2n) is 12.4. The summed E-state index contributed by atoms with van der Waals surface area (Å²) in [6.45, 7) is 3.32. The molecule has 0 spiro atoms. The maximum Gasteiger partial charge on any atom is 0.435 e. The Morgan fingerprint density at radius 1 is 1.00 bits per heavy atom. The number of aromatic nitrogens is 3. The van der Waals surface area contributed by atoms with Crippen LogP contribution in [0.25, 0.3) is 11.1 Å². The highest BCUT2D eigenvalue weighted by Crippen LogP contribution is 2.37. The maximum absolute atomic E-state index is 14.3. The van der Waals surface area contributed by atoms with Crippen LogP contribution in [0.3, 0.4) is 0 Å². The number of nitrogens with one attached hydrogen (secondary N) is 1. The average Bonchev–Trinajstić information content (AvgIpc) is 3.56. The van der Waals surface area contributed by atoms with Gasteiger partial charge in [-0.2, -0.15) is 18.3 Å². The first-order valence-electron chi connectivity index (χ1n) is 14.8. The summed E-state index contributed by atoms with van der Waals surface area (Å²) >= 11 is 0. The molecule has 3 amide bonds. The number of nitrogens with two attached hydrogens (primary N) is 1. The third-order valence-corrected chi connectivity index (χ3v) is 7.48. The number of hydrogen-bond donors (Lipinski definition) is 2. The normalized spacial score (nSPS) is 13.6. The zero-order valence-corrected chi connectivity index (χ0v) is 26.4. The van der Waals surface area contributed by atoms with Crippen LogP contribution in [0.4, 0.5) is 31.1 Å². The van der Waals surface area contributed by atoms with E-state index in [0.29, 0.717) is 11.6 Å². The van der Waals surface area contributed by atoms with Gasteiger partial charge in [0.15, 0.2) is 5.69 Å². The Bertz CT molecular complexity index is 1920. The van der Waals surface area contributed by atoms with Crippen molar-refractivity contribution in [1.82, 2.24) is 25.0 Å². The first-order chi connectivity index (χ1) is 22.9. The molecule has 0 saturated carbocycles. The lowest BCUT2D eigenvalue weighted by Gasteiger charge is -2.24. The number of pyridine rings is 1. The second-order valence-corrected chi connectivity index (χ2v) is 12.4. The molecule has 1 aliphatic heterocycles. The highest BCUT2D eigenvalue weighted by atomic mass is 19.4. The van der Waals surface area contributed by atoms with E-state index in [1.807, 2.05) is 0 Å². The summed E-state index contributed by atoms with van der Waals surface area (Å²) in [5, 5.41) is 6.33. The van der Waals surface area contributed by atoms with E-state index < -0.39 is 77.5 Å². The first-order valence-corrected chi connectivity index (χ1v) is 14.8. The third-order valence-electron chi connectivity index (χ3n) is 7.48. The van der Waals surface area contributed by atoms with Gasteiger partial charge in [-0.05, 0) is 68.7 Å². The van der Waals surface area contributed by atoms with Crippen LogP contribution in [0, 0.1) is 17.5 Å². The van der Waals surface area contributed by atoms with Crippen molar-refractivity contribution in [3.63, 3.8) is 0 Å². The fourth-order valence-electron chi connectivity index (χ4n) is 5.50. The summed E-state index contributed by atoms with van der Waals surface area (Å²) in [6, 6.07) is 8.18. The number of benzene rings is 2. The third kappa shape index (κ3) is 8.01. The van der Waals surface area contributed by atoms with Gasteiger partial charge in [-0.1, -0.05) is 12.1 Å². The van der Waals surface area contributed by atoms with Gasteiger partial charge >= 0.3 is 12.3 Å². The number of alkyl halides is 3. The van der Waals surface area contributed by atoms with Gasteiger partial charge in [0.1, 0.15) is 29.6 Å². The number of carbonyl (C=O) groups excluding carboxylic acids is 3. The molecule has 4 aromatic rings. The molecule has 0 radical (unpaired) electrons. The number of amides is 3. The van der Waals surface area contributed by atoms with Gasteiger partial charge in [0.2, 0.25) is 5.91 Å². The molecule has 0 fully saturated rings. The summed E-state index contributed by atoms with van der Waals surface area (Å²) in [7, 11) is 0. The molecule has 49 heavy (non-hydrogen) atoms. The average molecular weight is 689 g/mol. The van der Waals surface area contributed by atoms with Crippen molar-refractivity contribution in [2.24, 2.45) is 5.73 Å². The molecule has 16 heteroatoms. The molecule has 10 nitrogen and oxygen atoms in total. The Morgan fingerprint density at radius 2 is 1.69 bits per heavy atom. The van der Waals surface area contributed by atoms with Gasteiger partial charge in [0, 0.05) is 23.4 Å². The molecule has 2 aromatic heterocycles. The summed E-state index contributed by atoms with van der Waals surface area (Å²) in [5.74, 6) is -4.57. The zero-order chi connectivity index (χ0) is 35.8. The van der Waals surface area contributed by atoms with Crippen molar-refractivity contribution in [1.29, 1.82) is 0 Å². The molecule has 3 heterocycles. The van der Waals surface area contributed by atoms with Gasteiger partial charge in [-0.25, -0.2) is 18.0 Å². The zero-order valence-electron chi connectivity index (χ0n) is 26.4. The number of fused-ring (bicyclic) bond motifs is 1. The predicted molar refractivity (Wildman–Crippen MR) is 162 cm³/mol. The van der Waals surface area contributed by atoms with Crippen molar-refractivity contribution >= 4 is 17.9 Å². The van der Waals surface area contributed by atoms with Gasteiger partial charge in [-0.15, -0.1) is 0 Å². The minimum atomic E-state index is -4.90. The summed E-state index contributed by atoms with van der Waals surface area (Å²) in [5.41, 5.74) is 3.19. The Balaban J connectivity index is 1.50. The van der Waals surface area contributed by atoms with Crippen LogP contribution >= 0.6 is 0 Å². The quantitative estimate of drug-likeness (QED) is 0.224. The van der Waals surface area contributed by atoms with Gasteiger partial charge in [-0.3, -0.25) is 24.2 Å². The number of ether oxygens (including phenoxy) is 1. The van der Waals surface area contributed by atoms with Crippen molar-refractivity contribution in [3.05, 3.63) is 106 Å². The van der Waals surface area contributed by atoms with E-state index >= 15 is 0 Å². The van der Waals surface area contributed by atoms with Crippen LogP contribution in [-0.4, -0.2) is 43.2 Å². The SMILES string of the molecule is CC(C)(C)OC(=O)N1Cc2c(C(F)(F)F)nn(CC(=O)NC(Cc3cc(F)cc(F)c3)c3ncccc3-c3ccc(F)c(C(N)=O)c3)c2C1. The highest BCUT2D eigenvalue weighted by molar-refractivity contribution is 5.94. The number of primary amides is 1. The van der Waals surface area contributed by atoms with Crippen LogP contribution in [0.1, 0.15) is 65.4 Å². The van der Waals surface area contributed by atoms with E-state index in [1.165, 1.54) is 24.4 Å². The molecule has 0 saturated heterocycles.